The zero-order valence-corrected chi connectivity index (χ0v) is 10.7. The molecule has 0 aromatic rings. The van der Waals surface area contributed by atoms with Gasteiger partial charge in [0.15, 0.2) is 0 Å². The summed E-state index contributed by atoms with van der Waals surface area (Å²) in [5.74, 6) is 2.58. The minimum absolute atomic E-state index is 0.0317. The summed E-state index contributed by atoms with van der Waals surface area (Å²) in [6.45, 7) is 0.881. The van der Waals surface area contributed by atoms with Gasteiger partial charge in [-0.3, -0.25) is 9.69 Å². The number of rotatable bonds is 2. The third-order valence-electron chi connectivity index (χ3n) is 5.60. The van der Waals surface area contributed by atoms with Gasteiger partial charge in [-0.1, -0.05) is 0 Å². The molecule has 0 atom stereocenters. The van der Waals surface area contributed by atoms with E-state index < -0.39 is 0 Å². The molecule has 4 saturated carbocycles. The minimum Gasteiger partial charge on any atom is -0.329 e. The smallest absolute Gasteiger partial charge is 0.324 e. The Hall–Kier alpha value is -1.06. The molecule has 1 N–H and O–H groups in total. The van der Waals surface area contributed by atoms with Gasteiger partial charge in [0.2, 0.25) is 5.91 Å². The highest BCUT2D eigenvalue weighted by molar-refractivity contribution is 6.01. The van der Waals surface area contributed by atoms with E-state index in [0.29, 0.717) is 6.54 Å². The first-order chi connectivity index (χ1) is 8.63. The van der Waals surface area contributed by atoms with E-state index in [4.69, 9.17) is 0 Å². The Morgan fingerprint density at radius 2 is 1.61 bits per heavy atom. The number of imide groups is 1. The van der Waals surface area contributed by atoms with Crippen molar-refractivity contribution >= 4 is 11.9 Å². The fraction of sp³-hybridized carbons (Fsp3) is 0.857. The highest BCUT2D eigenvalue weighted by Crippen LogP contribution is 2.60. The summed E-state index contributed by atoms with van der Waals surface area (Å²) in [7, 11) is 0. The van der Waals surface area contributed by atoms with E-state index in [0.717, 1.165) is 17.8 Å². The van der Waals surface area contributed by atoms with Crippen LogP contribution in [0.3, 0.4) is 0 Å². The molecule has 0 aromatic heterocycles. The second-order valence-corrected chi connectivity index (χ2v) is 7.06. The van der Waals surface area contributed by atoms with Crippen molar-refractivity contribution in [2.24, 2.45) is 23.2 Å². The fourth-order valence-corrected chi connectivity index (χ4v) is 5.43. The lowest BCUT2D eigenvalue weighted by Crippen LogP contribution is -2.52. The average Bonchev–Trinajstić information content (AvgIpc) is 2.58. The molecule has 4 bridgehead atoms. The lowest BCUT2D eigenvalue weighted by Gasteiger charge is -2.57. The van der Waals surface area contributed by atoms with Crippen LogP contribution in [-0.4, -0.2) is 29.9 Å². The van der Waals surface area contributed by atoms with Crippen LogP contribution in [0, 0.1) is 23.2 Å². The summed E-state index contributed by atoms with van der Waals surface area (Å²) >= 11 is 0. The topological polar surface area (TPSA) is 49.4 Å². The second kappa shape index (κ2) is 3.49. The maximum atomic E-state index is 11.8. The van der Waals surface area contributed by atoms with E-state index in [-0.39, 0.29) is 23.9 Å². The molecule has 0 spiro atoms. The maximum absolute atomic E-state index is 11.8. The minimum atomic E-state index is -0.171. The van der Waals surface area contributed by atoms with Crippen molar-refractivity contribution in [3.05, 3.63) is 0 Å². The number of hydrogen-bond donors (Lipinski definition) is 1. The number of carbonyl (C=O) groups is 2. The van der Waals surface area contributed by atoms with Crippen molar-refractivity contribution in [1.82, 2.24) is 10.2 Å². The largest absolute Gasteiger partial charge is 0.329 e. The molecule has 1 heterocycles. The summed E-state index contributed by atoms with van der Waals surface area (Å²) in [5, 5.41) is 2.64. The van der Waals surface area contributed by atoms with Crippen molar-refractivity contribution in [3.8, 4) is 0 Å². The third kappa shape index (κ3) is 1.50. The van der Waals surface area contributed by atoms with E-state index in [1.165, 1.54) is 43.4 Å². The fourth-order valence-electron chi connectivity index (χ4n) is 5.43. The standard InChI is InChI=1S/C14H20N2O2/c17-12-7-15-13(18)16(12)8-14-4-9-1-10(5-14)3-11(2-9)6-14/h9-11H,1-8H2,(H,15,18). The molecule has 18 heavy (non-hydrogen) atoms. The molecule has 4 heteroatoms. The van der Waals surface area contributed by atoms with Gasteiger partial charge < -0.3 is 5.32 Å². The van der Waals surface area contributed by atoms with E-state index in [9.17, 15) is 9.59 Å². The molecule has 0 aromatic carbocycles. The van der Waals surface area contributed by atoms with Crippen LogP contribution in [0.4, 0.5) is 4.79 Å². The Bertz CT molecular complexity index is 367. The van der Waals surface area contributed by atoms with Gasteiger partial charge in [-0.15, -0.1) is 0 Å². The van der Waals surface area contributed by atoms with Crippen molar-refractivity contribution in [3.63, 3.8) is 0 Å². The van der Waals surface area contributed by atoms with Crippen molar-refractivity contribution in [2.75, 3.05) is 13.1 Å². The number of carbonyl (C=O) groups excluding carboxylic acids is 2. The van der Waals surface area contributed by atoms with Gasteiger partial charge in [-0.2, -0.15) is 0 Å². The highest BCUT2D eigenvalue weighted by atomic mass is 16.2. The van der Waals surface area contributed by atoms with Gasteiger partial charge in [0, 0.05) is 6.54 Å². The zero-order valence-electron chi connectivity index (χ0n) is 10.7. The monoisotopic (exact) mass is 248 g/mol. The normalized spacial score (nSPS) is 45.8. The van der Waals surface area contributed by atoms with Crippen molar-refractivity contribution in [1.29, 1.82) is 0 Å². The molecule has 98 valence electrons. The Balaban J connectivity index is 1.57. The quantitative estimate of drug-likeness (QED) is 0.757. The molecule has 5 fully saturated rings. The summed E-state index contributed by atoms with van der Waals surface area (Å²) in [6, 6.07) is -0.171. The summed E-state index contributed by atoms with van der Waals surface area (Å²) in [4.78, 5) is 24.9. The molecule has 5 rings (SSSR count). The van der Waals surface area contributed by atoms with Crippen LogP contribution >= 0.6 is 0 Å². The highest BCUT2D eigenvalue weighted by Gasteiger charge is 2.52. The van der Waals surface area contributed by atoms with Gasteiger partial charge >= 0.3 is 6.03 Å². The van der Waals surface area contributed by atoms with Crippen LogP contribution < -0.4 is 5.32 Å². The Morgan fingerprint density at radius 3 is 2.06 bits per heavy atom. The van der Waals surface area contributed by atoms with Gasteiger partial charge in [0.25, 0.3) is 0 Å². The summed E-state index contributed by atoms with van der Waals surface area (Å²) in [5.41, 5.74) is 0.270. The summed E-state index contributed by atoms with van der Waals surface area (Å²) < 4.78 is 0. The lowest BCUT2D eigenvalue weighted by molar-refractivity contribution is -0.129. The van der Waals surface area contributed by atoms with Gasteiger partial charge in [-0.05, 0) is 61.7 Å². The molecular formula is C14H20N2O2. The van der Waals surface area contributed by atoms with E-state index >= 15 is 0 Å². The predicted molar refractivity (Wildman–Crippen MR) is 65.7 cm³/mol. The Kier molecular flexibility index (Phi) is 2.10. The molecule has 0 radical (unpaired) electrons. The molecule has 3 amide bonds. The lowest BCUT2D eigenvalue weighted by atomic mass is 9.49. The van der Waals surface area contributed by atoms with Crippen molar-refractivity contribution in [2.45, 2.75) is 38.5 Å². The molecular weight excluding hydrogens is 228 g/mol. The van der Waals surface area contributed by atoms with Crippen molar-refractivity contribution < 1.29 is 9.59 Å². The summed E-state index contributed by atoms with van der Waals surface area (Å²) in [6.07, 6.45) is 7.94. The maximum Gasteiger partial charge on any atom is 0.324 e. The molecule has 4 aliphatic carbocycles. The molecule has 0 unspecified atom stereocenters. The van der Waals surface area contributed by atoms with E-state index in [1.807, 2.05) is 0 Å². The third-order valence-corrected chi connectivity index (χ3v) is 5.60. The molecule has 5 aliphatic rings. The van der Waals surface area contributed by atoms with Gasteiger partial charge in [0.05, 0.1) is 6.54 Å². The molecule has 1 saturated heterocycles. The number of urea groups is 1. The van der Waals surface area contributed by atoms with Crippen LogP contribution in [-0.2, 0) is 4.79 Å². The first-order valence-electron chi connectivity index (χ1n) is 7.22. The predicted octanol–water partition coefficient (Wildman–Crippen LogP) is 1.75. The first-order valence-corrected chi connectivity index (χ1v) is 7.22. The van der Waals surface area contributed by atoms with E-state index in [2.05, 4.69) is 5.32 Å². The van der Waals surface area contributed by atoms with Crippen LogP contribution in [0.1, 0.15) is 38.5 Å². The average molecular weight is 248 g/mol. The van der Waals surface area contributed by atoms with E-state index in [1.54, 1.807) is 0 Å². The van der Waals surface area contributed by atoms with Gasteiger partial charge in [-0.25, -0.2) is 4.79 Å². The number of amides is 3. The van der Waals surface area contributed by atoms with Crippen LogP contribution in [0.2, 0.25) is 0 Å². The first kappa shape index (κ1) is 10.8. The zero-order chi connectivity index (χ0) is 12.3. The number of nitrogens with one attached hydrogen (secondary N) is 1. The second-order valence-electron chi connectivity index (χ2n) is 7.06. The van der Waals surface area contributed by atoms with Crippen LogP contribution in [0.25, 0.3) is 0 Å². The van der Waals surface area contributed by atoms with Crippen LogP contribution in [0.15, 0.2) is 0 Å². The van der Waals surface area contributed by atoms with Gasteiger partial charge in [0.1, 0.15) is 0 Å². The number of hydrogen-bond acceptors (Lipinski definition) is 2. The SMILES string of the molecule is O=C1CNC(=O)N1CC12CC3CC(CC(C3)C1)C2. The Labute approximate surface area is 107 Å². The Morgan fingerprint density at radius 1 is 1.06 bits per heavy atom. The van der Waals surface area contributed by atoms with Crippen LogP contribution in [0.5, 0.6) is 0 Å². The number of nitrogens with zero attached hydrogens (tertiary/aromatic N) is 1. The molecule has 1 aliphatic heterocycles. The molecule has 4 nitrogen and oxygen atoms in total.